The molecule has 0 aliphatic rings. The monoisotopic (exact) mass is 298 g/mol. The molecule has 1 aromatic rings. The highest BCUT2D eigenvalue weighted by Crippen LogP contribution is 2.24. The van der Waals surface area contributed by atoms with E-state index in [1.54, 1.807) is 0 Å². The Hall–Kier alpha value is -0.380. The van der Waals surface area contributed by atoms with Crippen LogP contribution in [-0.4, -0.2) is 24.5 Å². The van der Waals surface area contributed by atoms with E-state index in [0.29, 0.717) is 18.6 Å². The highest BCUT2D eigenvalue weighted by atomic mass is 79.9. The summed E-state index contributed by atoms with van der Waals surface area (Å²) in [4.78, 5) is 2.38. The van der Waals surface area contributed by atoms with Crippen LogP contribution in [0.15, 0.2) is 28.7 Å². The fourth-order valence-electron chi connectivity index (χ4n) is 2.18. The van der Waals surface area contributed by atoms with E-state index in [1.165, 1.54) is 18.4 Å². The quantitative estimate of drug-likeness (QED) is 0.870. The molecule has 0 heterocycles. The number of benzene rings is 1. The summed E-state index contributed by atoms with van der Waals surface area (Å²) in [6.45, 7) is 5.14. The van der Waals surface area contributed by atoms with E-state index in [4.69, 9.17) is 5.73 Å². The highest BCUT2D eigenvalue weighted by molar-refractivity contribution is 9.10. The second-order valence-electron chi connectivity index (χ2n) is 4.61. The van der Waals surface area contributed by atoms with E-state index in [1.807, 2.05) is 6.07 Å². The van der Waals surface area contributed by atoms with Crippen molar-refractivity contribution < 1.29 is 0 Å². The van der Waals surface area contributed by atoms with Gasteiger partial charge in [-0.2, -0.15) is 0 Å². The summed E-state index contributed by atoms with van der Waals surface area (Å²) < 4.78 is 1.12. The van der Waals surface area contributed by atoms with E-state index in [2.05, 4.69) is 59.9 Å². The summed E-state index contributed by atoms with van der Waals surface area (Å²) in [5.74, 6) is 0. The zero-order valence-electron chi connectivity index (χ0n) is 11.0. The number of nitrogens with zero attached hydrogens (tertiary/aromatic N) is 1. The number of hydrogen-bond acceptors (Lipinski definition) is 2. The van der Waals surface area contributed by atoms with E-state index >= 15 is 0 Å². The number of halogens is 1. The highest BCUT2D eigenvalue weighted by Gasteiger charge is 2.19. The van der Waals surface area contributed by atoms with Gasteiger partial charge in [0.25, 0.3) is 0 Å². The van der Waals surface area contributed by atoms with Crippen LogP contribution >= 0.6 is 15.9 Å². The first kappa shape index (κ1) is 14.7. The molecule has 17 heavy (non-hydrogen) atoms. The summed E-state index contributed by atoms with van der Waals surface area (Å²) in [5, 5.41) is 0. The molecule has 0 spiro atoms. The van der Waals surface area contributed by atoms with E-state index in [9.17, 15) is 0 Å². The second-order valence-corrected chi connectivity index (χ2v) is 5.53. The fraction of sp³-hybridized carbons (Fsp3) is 0.571. The van der Waals surface area contributed by atoms with Crippen LogP contribution in [0.4, 0.5) is 0 Å². The molecule has 0 saturated heterocycles. The lowest BCUT2D eigenvalue weighted by atomic mass is 10.0. The number of hydrogen-bond donors (Lipinski definition) is 1. The molecule has 2 N–H and O–H groups in total. The largest absolute Gasteiger partial charge is 0.329 e. The third-order valence-electron chi connectivity index (χ3n) is 3.35. The number of rotatable bonds is 6. The van der Waals surface area contributed by atoms with Crippen LogP contribution < -0.4 is 5.73 Å². The standard InChI is InChI=1S/C14H23BrN2/c1-4-6-11(2)17(3)14(10-16)12-7-5-8-13(15)9-12/h5,7-9,11,14H,4,6,10,16H2,1-3H3. The molecule has 2 nitrogen and oxygen atoms in total. The second kappa shape index (κ2) is 7.14. The van der Waals surface area contributed by atoms with Gasteiger partial charge in [0.05, 0.1) is 0 Å². The molecule has 0 aliphatic heterocycles. The Morgan fingerprint density at radius 2 is 2.12 bits per heavy atom. The molecule has 0 fully saturated rings. The van der Waals surface area contributed by atoms with Gasteiger partial charge in [0.2, 0.25) is 0 Å². The maximum Gasteiger partial charge on any atom is 0.0470 e. The average molecular weight is 299 g/mol. The minimum absolute atomic E-state index is 0.300. The summed E-state index contributed by atoms with van der Waals surface area (Å²) in [6, 6.07) is 9.29. The zero-order valence-corrected chi connectivity index (χ0v) is 12.6. The van der Waals surface area contributed by atoms with Crippen LogP contribution in [0, 0.1) is 0 Å². The van der Waals surface area contributed by atoms with Gasteiger partial charge < -0.3 is 5.73 Å². The molecule has 3 heteroatoms. The Bertz CT molecular complexity index is 341. The zero-order chi connectivity index (χ0) is 12.8. The summed E-state index contributed by atoms with van der Waals surface area (Å²) in [5.41, 5.74) is 7.22. The van der Waals surface area contributed by atoms with Crippen molar-refractivity contribution in [3.63, 3.8) is 0 Å². The lowest BCUT2D eigenvalue weighted by Crippen LogP contribution is -2.37. The average Bonchev–Trinajstić information content (AvgIpc) is 2.30. The predicted molar refractivity (Wildman–Crippen MR) is 78.1 cm³/mol. The first-order valence-corrected chi connectivity index (χ1v) is 7.06. The normalized spacial score (nSPS) is 14.9. The third-order valence-corrected chi connectivity index (χ3v) is 3.84. The molecule has 0 bridgehead atoms. The Morgan fingerprint density at radius 3 is 2.65 bits per heavy atom. The summed E-state index contributed by atoms with van der Waals surface area (Å²) in [7, 11) is 2.17. The summed E-state index contributed by atoms with van der Waals surface area (Å²) in [6.07, 6.45) is 2.42. The van der Waals surface area contributed by atoms with Gasteiger partial charge >= 0.3 is 0 Å². The van der Waals surface area contributed by atoms with Crippen molar-refractivity contribution in [1.29, 1.82) is 0 Å². The number of nitrogens with two attached hydrogens (primary N) is 1. The smallest absolute Gasteiger partial charge is 0.0470 e. The molecule has 0 aliphatic carbocycles. The molecule has 1 rings (SSSR count). The first-order chi connectivity index (χ1) is 8.10. The van der Waals surface area contributed by atoms with Crippen molar-refractivity contribution in [2.24, 2.45) is 5.73 Å². The van der Waals surface area contributed by atoms with Gasteiger partial charge in [-0.05, 0) is 38.1 Å². The summed E-state index contributed by atoms with van der Waals surface area (Å²) >= 11 is 3.52. The van der Waals surface area contributed by atoms with E-state index in [-0.39, 0.29) is 0 Å². The molecule has 2 unspecified atom stereocenters. The van der Waals surface area contributed by atoms with Crippen LogP contribution in [-0.2, 0) is 0 Å². The van der Waals surface area contributed by atoms with Crippen molar-refractivity contribution in [1.82, 2.24) is 4.90 Å². The Morgan fingerprint density at radius 1 is 1.41 bits per heavy atom. The molecular weight excluding hydrogens is 276 g/mol. The van der Waals surface area contributed by atoms with Gasteiger partial charge in [0, 0.05) is 23.1 Å². The van der Waals surface area contributed by atoms with Crippen molar-refractivity contribution in [3.05, 3.63) is 34.3 Å². The first-order valence-electron chi connectivity index (χ1n) is 6.27. The Balaban J connectivity index is 2.83. The van der Waals surface area contributed by atoms with Crippen molar-refractivity contribution in [3.8, 4) is 0 Å². The van der Waals surface area contributed by atoms with Crippen LogP contribution in [0.2, 0.25) is 0 Å². The molecule has 0 aromatic heterocycles. The van der Waals surface area contributed by atoms with Gasteiger partial charge in [-0.3, -0.25) is 4.90 Å². The lowest BCUT2D eigenvalue weighted by Gasteiger charge is -2.32. The van der Waals surface area contributed by atoms with Gasteiger partial charge in [0.15, 0.2) is 0 Å². The Labute approximate surface area is 113 Å². The third kappa shape index (κ3) is 4.09. The van der Waals surface area contributed by atoms with Crippen molar-refractivity contribution in [2.75, 3.05) is 13.6 Å². The predicted octanol–water partition coefficient (Wildman–Crippen LogP) is 3.57. The van der Waals surface area contributed by atoms with Gasteiger partial charge in [-0.1, -0.05) is 41.4 Å². The molecule has 1 aromatic carbocycles. The maximum absolute atomic E-state index is 5.93. The molecule has 0 saturated carbocycles. The molecule has 96 valence electrons. The molecule has 0 radical (unpaired) electrons. The van der Waals surface area contributed by atoms with Crippen LogP contribution in [0.5, 0.6) is 0 Å². The minimum Gasteiger partial charge on any atom is -0.329 e. The van der Waals surface area contributed by atoms with Gasteiger partial charge in [-0.15, -0.1) is 0 Å². The molecular formula is C14H23BrN2. The van der Waals surface area contributed by atoms with E-state index < -0.39 is 0 Å². The van der Waals surface area contributed by atoms with Crippen LogP contribution in [0.25, 0.3) is 0 Å². The van der Waals surface area contributed by atoms with Gasteiger partial charge in [-0.25, -0.2) is 0 Å². The lowest BCUT2D eigenvalue weighted by molar-refractivity contribution is 0.180. The van der Waals surface area contributed by atoms with Crippen LogP contribution in [0.1, 0.15) is 38.3 Å². The number of likely N-dealkylation sites (N-methyl/N-ethyl adjacent to an activating group) is 1. The van der Waals surface area contributed by atoms with Crippen molar-refractivity contribution in [2.45, 2.75) is 38.8 Å². The Kier molecular flexibility index (Phi) is 6.17. The van der Waals surface area contributed by atoms with Crippen molar-refractivity contribution >= 4 is 15.9 Å². The minimum atomic E-state index is 0.300. The fourth-order valence-corrected chi connectivity index (χ4v) is 2.60. The van der Waals surface area contributed by atoms with Gasteiger partial charge in [0.1, 0.15) is 0 Å². The SMILES string of the molecule is CCCC(C)N(C)C(CN)c1cccc(Br)c1. The van der Waals surface area contributed by atoms with Crippen LogP contribution in [0.3, 0.4) is 0 Å². The maximum atomic E-state index is 5.93. The molecule has 2 atom stereocenters. The topological polar surface area (TPSA) is 29.3 Å². The molecule has 0 amide bonds. The van der Waals surface area contributed by atoms with E-state index in [0.717, 1.165) is 4.47 Å².